The highest BCUT2D eigenvalue weighted by Crippen LogP contribution is 2.36. The topological polar surface area (TPSA) is 147 Å². The molecule has 10 heteroatoms. The van der Waals surface area contributed by atoms with Crippen molar-refractivity contribution in [1.82, 2.24) is 14.7 Å². The van der Waals surface area contributed by atoms with E-state index < -0.39 is 23.4 Å². The number of hydrogen-bond acceptors (Lipinski definition) is 6. The predicted octanol–water partition coefficient (Wildman–Crippen LogP) is 5.12. The molecule has 0 aliphatic carbocycles. The Bertz CT molecular complexity index is 1520. The summed E-state index contributed by atoms with van der Waals surface area (Å²) in [5, 5.41) is 3.92. The molecule has 3 amide bonds. The number of nitrogens with one attached hydrogen (secondary N) is 2. The number of primary amides is 1. The summed E-state index contributed by atoms with van der Waals surface area (Å²) in [5.41, 5.74) is 13.8. The van der Waals surface area contributed by atoms with E-state index in [9.17, 15) is 14.4 Å². The summed E-state index contributed by atoms with van der Waals surface area (Å²) in [4.78, 5) is 45.0. The quantitative estimate of drug-likeness (QED) is 0.230. The van der Waals surface area contributed by atoms with Crippen molar-refractivity contribution in [3.63, 3.8) is 0 Å². The number of amides is 3. The summed E-state index contributed by atoms with van der Waals surface area (Å²) in [6.07, 6.45) is 2.43. The van der Waals surface area contributed by atoms with Gasteiger partial charge in [-0.15, -0.1) is 0 Å². The molecule has 0 radical (unpaired) electrons. The third-order valence-corrected chi connectivity index (χ3v) is 7.83. The van der Waals surface area contributed by atoms with Crippen molar-refractivity contribution >= 4 is 51.5 Å². The Morgan fingerprint density at radius 1 is 1.10 bits per heavy atom. The molecule has 0 aliphatic rings. The molecular formula is C29H34N6O3S. The second-order valence-corrected chi connectivity index (χ2v) is 11.3. The summed E-state index contributed by atoms with van der Waals surface area (Å²) >= 11 is 0.785. The number of benzene rings is 2. The molecule has 2 heterocycles. The maximum Gasteiger partial charge on any atom is 0.273 e. The van der Waals surface area contributed by atoms with E-state index in [1.807, 2.05) is 69.3 Å². The summed E-state index contributed by atoms with van der Waals surface area (Å²) in [5.74, 6) is -1.47. The van der Waals surface area contributed by atoms with Crippen LogP contribution in [0.25, 0.3) is 10.9 Å². The van der Waals surface area contributed by atoms with Gasteiger partial charge >= 0.3 is 0 Å². The molecule has 2 aromatic carbocycles. The zero-order valence-electron chi connectivity index (χ0n) is 22.7. The average molecular weight is 547 g/mol. The predicted molar refractivity (Wildman–Crippen MR) is 156 cm³/mol. The molecule has 1 atom stereocenters. The van der Waals surface area contributed by atoms with Crippen LogP contribution >= 0.6 is 11.5 Å². The van der Waals surface area contributed by atoms with Crippen molar-refractivity contribution in [2.24, 2.45) is 5.73 Å². The number of carbonyl (C=O) groups is 3. The van der Waals surface area contributed by atoms with Gasteiger partial charge in [0.25, 0.3) is 11.8 Å². The van der Waals surface area contributed by atoms with Crippen molar-refractivity contribution < 1.29 is 14.4 Å². The van der Waals surface area contributed by atoms with Crippen LogP contribution in [-0.2, 0) is 4.79 Å². The second kappa shape index (κ2) is 10.9. The maximum absolute atomic E-state index is 14.3. The first kappa shape index (κ1) is 27.8. The number of aromatic amines is 1. The molecule has 0 aliphatic heterocycles. The van der Waals surface area contributed by atoms with E-state index >= 15 is 0 Å². The molecule has 0 bridgehead atoms. The van der Waals surface area contributed by atoms with Crippen LogP contribution in [0.5, 0.6) is 0 Å². The largest absolute Gasteiger partial charge is 0.395 e. The van der Waals surface area contributed by atoms with Crippen molar-refractivity contribution in [2.75, 3.05) is 10.6 Å². The summed E-state index contributed by atoms with van der Waals surface area (Å²) in [6.45, 7) is 10.0. The van der Waals surface area contributed by atoms with E-state index in [1.165, 1.54) is 4.90 Å². The van der Waals surface area contributed by atoms with E-state index in [0.717, 1.165) is 28.0 Å². The third kappa shape index (κ3) is 5.51. The maximum atomic E-state index is 14.3. The number of para-hydroxylation sites is 1. The van der Waals surface area contributed by atoms with Gasteiger partial charge in [-0.1, -0.05) is 51.1 Å². The molecule has 0 fully saturated rings. The molecule has 0 spiro atoms. The van der Waals surface area contributed by atoms with E-state index in [4.69, 9.17) is 11.5 Å². The van der Waals surface area contributed by atoms with Crippen LogP contribution in [0.15, 0.2) is 54.7 Å². The van der Waals surface area contributed by atoms with Gasteiger partial charge in [-0.3, -0.25) is 19.3 Å². The number of hydrogen-bond donors (Lipinski definition) is 4. The van der Waals surface area contributed by atoms with Crippen molar-refractivity contribution in [3.8, 4) is 0 Å². The monoisotopic (exact) mass is 546 g/mol. The lowest BCUT2D eigenvalue weighted by Gasteiger charge is -2.34. The molecule has 0 saturated heterocycles. The first-order chi connectivity index (χ1) is 18.4. The smallest absolute Gasteiger partial charge is 0.273 e. The Balaban J connectivity index is 1.96. The van der Waals surface area contributed by atoms with Crippen molar-refractivity contribution in [2.45, 2.75) is 58.5 Å². The highest BCUT2D eigenvalue weighted by Gasteiger charge is 2.38. The van der Waals surface area contributed by atoms with Crippen molar-refractivity contribution in [1.29, 1.82) is 0 Å². The lowest BCUT2D eigenvalue weighted by Crippen LogP contribution is -2.50. The number of aromatic nitrogens is 2. The van der Waals surface area contributed by atoms with Gasteiger partial charge < -0.3 is 21.8 Å². The van der Waals surface area contributed by atoms with E-state index in [0.29, 0.717) is 17.7 Å². The number of nitrogen functional groups attached to an aromatic ring is 1. The Morgan fingerprint density at radius 2 is 1.77 bits per heavy atom. The molecule has 39 heavy (non-hydrogen) atoms. The van der Waals surface area contributed by atoms with Crippen LogP contribution < -0.4 is 21.7 Å². The number of rotatable bonds is 9. The fourth-order valence-corrected chi connectivity index (χ4v) is 5.09. The Labute approximate surface area is 231 Å². The molecule has 6 N–H and O–H groups in total. The number of nitrogens with two attached hydrogens (primary N) is 2. The SMILES string of the molecule is CCC(C)(C)NC(=O)[C@H](c1c[nH]c2ccccc12)N(C(=O)c1snc(C(N)=O)c1N)c1ccc(C(C)C)cc1. The summed E-state index contributed by atoms with van der Waals surface area (Å²) in [6, 6.07) is 14.0. The fraction of sp³-hybridized carbons (Fsp3) is 0.310. The second-order valence-electron chi connectivity index (χ2n) is 10.5. The minimum Gasteiger partial charge on any atom is -0.395 e. The number of fused-ring (bicyclic) bond motifs is 1. The normalized spacial score (nSPS) is 12.5. The average Bonchev–Trinajstić information content (AvgIpc) is 3.50. The summed E-state index contributed by atoms with van der Waals surface area (Å²) in [7, 11) is 0. The number of carbonyl (C=O) groups excluding carboxylic acids is 3. The third-order valence-electron chi connectivity index (χ3n) is 6.98. The number of anilines is 2. The van der Waals surface area contributed by atoms with Crippen LogP contribution in [0.4, 0.5) is 11.4 Å². The molecular weight excluding hydrogens is 512 g/mol. The fourth-order valence-electron chi connectivity index (χ4n) is 4.35. The van der Waals surface area contributed by atoms with Gasteiger partial charge in [-0.25, -0.2) is 0 Å². The summed E-state index contributed by atoms with van der Waals surface area (Å²) < 4.78 is 4.03. The van der Waals surface area contributed by atoms with Crippen LogP contribution in [0, 0.1) is 0 Å². The standard InChI is InChI=1S/C29H34N6O3S/c1-6-29(4,5)33-27(37)24(20-15-32-21-10-8-7-9-19(20)21)35(18-13-11-17(12-14-18)16(2)3)28(38)25-22(30)23(26(31)36)34-39-25/h7-16,24,32H,6,30H2,1-5H3,(H2,31,36)(H,33,37)/t24-/m0/s1. The highest BCUT2D eigenvalue weighted by molar-refractivity contribution is 7.09. The van der Waals surface area contributed by atoms with E-state index in [2.05, 4.69) is 28.5 Å². The molecule has 204 valence electrons. The molecule has 2 aromatic heterocycles. The number of H-pyrrole nitrogens is 1. The van der Waals surface area contributed by atoms with Gasteiger partial charge in [0, 0.05) is 33.9 Å². The van der Waals surface area contributed by atoms with Gasteiger partial charge in [-0.05, 0) is 61.5 Å². The molecule has 0 unspecified atom stereocenters. The Hall–Kier alpha value is -4.18. The van der Waals surface area contributed by atoms with Crippen LogP contribution in [0.2, 0.25) is 0 Å². The minimum absolute atomic E-state index is 0.0316. The van der Waals surface area contributed by atoms with Crippen molar-refractivity contribution in [3.05, 3.63) is 76.4 Å². The van der Waals surface area contributed by atoms with Gasteiger partial charge in [-0.2, -0.15) is 4.37 Å². The van der Waals surface area contributed by atoms with Crippen LogP contribution in [-0.4, -0.2) is 32.6 Å². The van der Waals surface area contributed by atoms with Gasteiger partial charge in [0.15, 0.2) is 5.69 Å². The molecule has 4 aromatic rings. The first-order valence-corrected chi connectivity index (χ1v) is 13.6. The van der Waals surface area contributed by atoms with Gasteiger partial charge in [0.1, 0.15) is 10.9 Å². The Kier molecular flexibility index (Phi) is 7.78. The van der Waals surface area contributed by atoms with Crippen LogP contribution in [0.1, 0.15) is 84.3 Å². The first-order valence-electron chi connectivity index (χ1n) is 12.8. The highest BCUT2D eigenvalue weighted by atomic mass is 32.1. The van der Waals surface area contributed by atoms with Gasteiger partial charge in [0.05, 0.1) is 5.69 Å². The van der Waals surface area contributed by atoms with E-state index in [-0.39, 0.29) is 28.1 Å². The zero-order chi connectivity index (χ0) is 28.5. The number of nitrogens with zero attached hydrogens (tertiary/aromatic N) is 2. The van der Waals surface area contributed by atoms with Crippen LogP contribution in [0.3, 0.4) is 0 Å². The molecule has 9 nitrogen and oxygen atoms in total. The lowest BCUT2D eigenvalue weighted by atomic mass is 9.97. The lowest BCUT2D eigenvalue weighted by molar-refractivity contribution is -0.124. The van der Waals surface area contributed by atoms with Gasteiger partial charge in [0.2, 0.25) is 5.91 Å². The zero-order valence-corrected chi connectivity index (χ0v) is 23.6. The molecule has 0 saturated carbocycles. The van der Waals surface area contributed by atoms with E-state index in [1.54, 1.807) is 6.20 Å². The minimum atomic E-state index is -1.07. The Morgan fingerprint density at radius 3 is 2.36 bits per heavy atom. The molecule has 4 rings (SSSR count).